The minimum Gasteiger partial charge on any atom is -0.384 e. The van der Waals surface area contributed by atoms with Crippen molar-refractivity contribution >= 4 is 27.4 Å². The fraction of sp³-hybridized carbons (Fsp3) is 0.158. The molecule has 0 radical (unpaired) electrons. The molecule has 9 nitrogen and oxygen atoms in total. The van der Waals surface area contributed by atoms with E-state index in [1.807, 2.05) is 6.07 Å². The molecule has 29 heavy (non-hydrogen) atoms. The standard InChI is InChI=1S/C19H20N6O3S/c1-29(27,28)12-16-9-17(20)25-18(23-16)14-4-6-15(7-5-14)24-19(26)22-11-13-3-2-8-21-10-13/h2-10H,11-12H2,1H3,(H2,20,23,25)(H2,22,24,26). The van der Waals surface area contributed by atoms with Crippen LogP contribution >= 0.6 is 0 Å². The fourth-order valence-electron chi connectivity index (χ4n) is 2.55. The van der Waals surface area contributed by atoms with Gasteiger partial charge in [0.05, 0.1) is 11.4 Å². The molecular weight excluding hydrogens is 392 g/mol. The summed E-state index contributed by atoms with van der Waals surface area (Å²) < 4.78 is 23.0. The lowest BCUT2D eigenvalue weighted by Gasteiger charge is -2.09. The third-order valence-electron chi connectivity index (χ3n) is 3.79. The van der Waals surface area contributed by atoms with Gasteiger partial charge in [-0.05, 0) is 35.9 Å². The van der Waals surface area contributed by atoms with E-state index in [2.05, 4.69) is 25.6 Å². The maximum Gasteiger partial charge on any atom is 0.319 e. The lowest BCUT2D eigenvalue weighted by Crippen LogP contribution is -2.28. The Bertz CT molecular complexity index is 1100. The van der Waals surface area contributed by atoms with Crippen LogP contribution in [-0.4, -0.2) is 35.7 Å². The Morgan fingerprint density at radius 3 is 2.55 bits per heavy atom. The van der Waals surface area contributed by atoms with Gasteiger partial charge in [0.2, 0.25) is 0 Å². The molecule has 4 N–H and O–H groups in total. The number of hydrogen-bond donors (Lipinski definition) is 3. The normalized spacial score (nSPS) is 11.1. The van der Waals surface area contributed by atoms with E-state index in [4.69, 9.17) is 5.73 Å². The molecule has 0 fully saturated rings. The maximum atomic E-state index is 12.0. The average Bonchev–Trinajstić information content (AvgIpc) is 2.66. The zero-order valence-corrected chi connectivity index (χ0v) is 16.5. The summed E-state index contributed by atoms with van der Waals surface area (Å²) in [6, 6.07) is 11.6. The van der Waals surface area contributed by atoms with Crippen molar-refractivity contribution in [2.75, 3.05) is 17.3 Å². The van der Waals surface area contributed by atoms with E-state index in [-0.39, 0.29) is 17.6 Å². The van der Waals surface area contributed by atoms with Crippen molar-refractivity contribution in [3.63, 3.8) is 0 Å². The number of nitrogens with zero attached hydrogens (tertiary/aromatic N) is 3. The van der Waals surface area contributed by atoms with Crippen molar-refractivity contribution in [1.29, 1.82) is 0 Å². The molecule has 3 rings (SSSR count). The Kier molecular flexibility index (Phi) is 6.03. The van der Waals surface area contributed by atoms with Gasteiger partial charge in [-0.2, -0.15) is 0 Å². The molecule has 0 aliphatic heterocycles. The molecule has 0 saturated heterocycles. The van der Waals surface area contributed by atoms with Gasteiger partial charge in [0, 0.05) is 42.5 Å². The monoisotopic (exact) mass is 412 g/mol. The number of aromatic nitrogens is 3. The summed E-state index contributed by atoms with van der Waals surface area (Å²) >= 11 is 0. The number of nitrogens with two attached hydrogens (primary N) is 1. The first kappa shape index (κ1) is 20.2. The van der Waals surface area contributed by atoms with Gasteiger partial charge in [-0.1, -0.05) is 6.07 Å². The highest BCUT2D eigenvalue weighted by atomic mass is 32.2. The topological polar surface area (TPSA) is 140 Å². The lowest BCUT2D eigenvalue weighted by molar-refractivity contribution is 0.251. The van der Waals surface area contributed by atoms with Crippen LogP contribution in [0.25, 0.3) is 11.4 Å². The van der Waals surface area contributed by atoms with E-state index in [1.54, 1.807) is 42.7 Å². The van der Waals surface area contributed by atoms with Gasteiger partial charge in [0.1, 0.15) is 5.82 Å². The van der Waals surface area contributed by atoms with Crippen molar-refractivity contribution in [2.45, 2.75) is 12.3 Å². The van der Waals surface area contributed by atoms with Crippen LogP contribution in [0.4, 0.5) is 16.3 Å². The number of nitrogen functional groups attached to an aromatic ring is 1. The Balaban J connectivity index is 1.66. The number of benzene rings is 1. The largest absolute Gasteiger partial charge is 0.384 e. The molecule has 0 unspecified atom stereocenters. The molecule has 2 aromatic heterocycles. The van der Waals surface area contributed by atoms with Crippen LogP contribution in [0, 0.1) is 0 Å². The van der Waals surface area contributed by atoms with E-state index in [0.29, 0.717) is 29.3 Å². The van der Waals surface area contributed by atoms with Crippen LogP contribution in [0.3, 0.4) is 0 Å². The molecule has 0 aliphatic carbocycles. The molecule has 2 amide bonds. The number of anilines is 2. The van der Waals surface area contributed by atoms with Crippen molar-refractivity contribution in [3.8, 4) is 11.4 Å². The molecule has 0 bridgehead atoms. The number of nitrogens with one attached hydrogen (secondary N) is 2. The lowest BCUT2D eigenvalue weighted by atomic mass is 10.2. The summed E-state index contributed by atoms with van der Waals surface area (Å²) in [6.07, 6.45) is 4.47. The van der Waals surface area contributed by atoms with Gasteiger partial charge in [0.15, 0.2) is 15.7 Å². The van der Waals surface area contributed by atoms with Crippen LogP contribution in [0.2, 0.25) is 0 Å². The van der Waals surface area contributed by atoms with Gasteiger partial charge in [-0.25, -0.2) is 23.2 Å². The van der Waals surface area contributed by atoms with Crippen LogP contribution in [0.1, 0.15) is 11.3 Å². The van der Waals surface area contributed by atoms with Crippen molar-refractivity contribution in [1.82, 2.24) is 20.3 Å². The SMILES string of the molecule is CS(=O)(=O)Cc1cc(N)nc(-c2ccc(NC(=O)NCc3cccnc3)cc2)n1. The smallest absolute Gasteiger partial charge is 0.319 e. The summed E-state index contributed by atoms with van der Waals surface area (Å²) in [5.74, 6) is 0.283. The highest BCUT2D eigenvalue weighted by molar-refractivity contribution is 7.89. The molecule has 2 heterocycles. The second kappa shape index (κ2) is 8.65. The number of amides is 2. The van der Waals surface area contributed by atoms with Crippen LogP contribution in [-0.2, 0) is 22.1 Å². The minimum atomic E-state index is -3.24. The van der Waals surface area contributed by atoms with Crippen molar-refractivity contribution in [2.24, 2.45) is 0 Å². The van der Waals surface area contributed by atoms with Crippen LogP contribution in [0.15, 0.2) is 54.9 Å². The van der Waals surface area contributed by atoms with E-state index < -0.39 is 9.84 Å². The third kappa shape index (κ3) is 6.25. The maximum absolute atomic E-state index is 12.0. The van der Waals surface area contributed by atoms with Gasteiger partial charge in [-0.3, -0.25) is 4.98 Å². The first-order valence-electron chi connectivity index (χ1n) is 8.64. The third-order valence-corrected chi connectivity index (χ3v) is 4.61. The second-order valence-electron chi connectivity index (χ2n) is 6.42. The molecule has 0 aliphatic rings. The minimum absolute atomic E-state index is 0.186. The number of rotatable bonds is 6. The van der Waals surface area contributed by atoms with Crippen molar-refractivity contribution in [3.05, 3.63) is 66.1 Å². The predicted molar refractivity (Wildman–Crippen MR) is 111 cm³/mol. The van der Waals surface area contributed by atoms with Gasteiger partial charge in [-0.15, -0.1) is 0 Å². The zero-order valence-electron chi connectivity index (χ0n) is 15.7. The summed E-state index contributed by atoms with van der Waals surface area (Å²) in [6.45, 7) is 0.359. The summed E-state index contributed by atoms with van der Waals surface area (Å²) in [4.78, 5) is 24.4. The Hall–Kier alpha value is -3.53. The average molecular weight is 412 g/mol. The van der Waals surface area contributed by atoms with Crippen molar-refractivity contribution < 1.29 is 13.2 Å². The zero-order chi connectivity index (χ0) is 20.9. The van der Waals surface area contributed by atoms with Gasteiger partial charge in [0.25, 0.3) is 0 Å². The summed E-state index contributed by atoms with van der Waals surface area (Å²) in [7, 11) is -3.24. The molecule has 1 aromatic carbocycles. The highest BCUT2D eigenvalue weighted by Crippen LogP contribution is 2.20. The first-order chi connectivity index (χ1) is 13.8. The van der Waals surface area contributed by atoms with Crippen LogP contribution in [0.5, 0.6) is 0 Å². The fourth-order valence-corrected chi connectivity index (χ4v) is 3.24. The molecular formula is C19H20N6O3S. The molecule has 10 heteroatoms. The van der Waals surface area contributed by atoms with E-state index in [9.17, 15) is 13.2 Å². The van der Waals surface area contributed by atoms with E-state index >= 15 is 0 Å². The number of carbonyl (C=O) groups excluding carboxylic acids is 1. The molecule has 0 saturated carbocycles. The van der Waals surface area contributed by atoms with Gasteiger partial charge >= 0.3 is 6.03 Å². The molecule has 0 atom stereocenters. The summed E-state index contributed by atoms with van der Waals surface area (Å²) in [5.41, 5.74) is 8.22. The predicted octanol–water partition coefficient (Wildman–Crippen LogP) is 1.99. The van der Waals surface area contributed by atoms with E-state index in [0.717, 1.165) is 11.8 Å². The quantitative estimate of drug-likeness (QED) is 0.562. The second-order valence-corrected chi connectivity index (χ2v) is 8.56. The molecule has 150 valence electrons. The molecule has 0 spiro atoms. The first-order valence-corrected chi connectivity index (χ1v) is 10.7. The number of sulfone groups is 1. The molecule has 3 aromatic rings. The summed E-state index contributed by atoms with van der Waals surface area (Å²) in [5, 5.41) is 5.47. The highest BCUT2D eigenvalue weighted by Gasteiger charge is 2.11. The Labute approximate surface area is 168 Å². The van der Waals surface area contributed by atoms with E-state index in [1.165, 1.54) is 6.07 Å². The number of hydrogen-bond acceptors (Lipinski definition) is 7. The van der Waals surface area contributed by atoms with Gasteiger partial charge < -0.3 is 16.4 Å². The number of pyridine rings is 1. The Morgan fingerprint density at radius 1 is 1.14 bits per heavy atom. The van der Waals surface area contributed by atoms with Crippen LogP contribution < -0.4 is 16.4 Å². The Morgan fingerprint density at radius 2 is 1.90 bits per heavy atom. The number of carbonyl (C=O) groups is 1. The number of urea groups is 1.